The van der Waals surface area contributed by atoms with Gasteiger partial charge in [-0.05, 0) is 37.7 Å². The number of hydrogen-bond donors (Lipinski definition) is 0. The van der Waals surface area contributed by atoms with Gasteiger partial charge < -0.3 is 0 Å². The van der Waals surface area contributed by atoms with Crippen LogP contribution in [0.3, 0.4) is 0 Å². The lowest BCUT2D eigenvalue weighted by Gasteiger charge is -2.27. The third kappa shape index (κ3) is 2.59. The van der Waals surface area contributed by atoms with Crippen molar-refractivity contribution in [3.63, 3.8) is 0 Å². The molecule has 15 heavy (non-hydrogen) atoms. The fourth-order valence-electron chi connectivity index (χ4n) is 2.13. The van der Waals surface area contributed by atoms with Crippen LogP contribution in [-0.2, 0) is 6.42 Å². The van der Waals surface area contributed by atoms with Gasteiger partial charge in [0.05, 0.1) is 0 Å². The number of benzene rings is 1. The largest absolute Gasteiger partial charge is 0.0998 e. The van der Waals surface area contributed by atoms with E-state index in [-0.39, 0.29) is 0 Å². The lowest BCUT2D eigenvalue weighted by molar-refractivity contribution is 0.544. The van der Waals surface area contributed by atoms with Crippen LogP contribution < -0.4 is 0 Å². The Labute approximate surface area is 92.3 Å². The van der Waals surface area contributed by atoms with Crippen molar-refractivity contribution in [3.05, 3.63) is 59.7 Å². The maximum Gasteiger partial charge on any atom is -0.0111 e. The first-order valence-corrected chi connectivity index (χ1v) is 5.63. The predicted octanol–water partition coefficient (Wildman–Crippen LogP) is 4.14. The first kappa shape index (κ1) is 10.2. The molecule has 1 aromatic rings. The molecule has 0 saturated heterocycles. The molecule has 0 nitrogen and oxygen atoms in total. The van der Waals surface area contributed by atoms with E-state index in [4.69, 9.17) is 0 Å². The van der Waals surface area contributed by atoms with E-state index in [1.165, 1.54) is 24.0 Å². The molecule has 0 aliphatic heterocycles. The van der Waals surface area contributed by atoms with E-state index in [2.05, 4.69) is 49.9 Å². The lowest BCUT2D eigenvalue weighted by Crippen LogP contribution is -2.15. The van der Waals surface area contributed by atoms with Gasteiger partial charge in [-0.3, -0.25) is 0 Å². The average Bonchev–Trinajstić information content (AvgIpc) is 2.23. The maximum atomic E-state index is 3.98. The average molecular weight is 198 g/mol. The molecule has 0 amide bonds. The van der Waals surface area contributed by atoms with Crippen molar-refractivity contribution in [2.75, 3.05) is 0 Å². The molecule has 78 valence electrons. The third-order valence-electron chi connectivity index (χ3n) is 3.02. The fourth-order valence-corrected chi connectivity index (χ4v) is 2.13. The molecule has 0 bridgehead atoms. The zero-order valence-corrected chi connectivity index (χ0v) is 9.37. The van der Waals surface area contributed by atoms with Crippen LogP contribution in [-0.4, -0.2) is 0 Å². The van der Waals surface area contributed by atoms with E-state index < -0.39 is 0 Å². The molecule has 0 N–H and O–H groups in total. The van der Waals surface area contributed by atoms with E-state index in [1.807, 2.05) is 0 Å². The Balaban J connectivity index is 1.93. The van der Waals surface area contributed by atoms with Gasteiger partial charge in [0.15, 0.2) is 0 Å². The number of hydrogen-bond acceptors (Lipinski definition) is 0. The smallest absolute Gasteiger partial charge is 0.0111 e. The van der Waals surface area contributed by atoms with Gasteiger partial charge in [0.1, 0.15) is 0 Å². The first-order valence-electron chi connectivity index (χ1n) is 5.63. The summed E-state index contributed by atoms with van der Waals surface area (Å²) >= 11 is 0. The van der Waals surface area contributed by atoms with Crippen molar-refractivity contribution >= 4 is 0 Å². The highest BCUT2D eigenvalue weighted by molar-refractivity contribution is 5.27. The molecule has 2 rings (SSSR count). The van der Waals surface area contributed by atoms with Gasteiger partial charge in [-0.25, -0.2) is 0 Å². The van der Waals surface area contributed by atoms with Crippen LogP contribution in [0.4, 0.5) is 0 Å². The zero-order chi connectivity index (χ0) is 10.7. The van der Waals surface area contributed by atoms with E-state index >= 15 is 0 Å². The molecule has 0 radical (unpaired) electrons. The van der Waals surface area contributed by atoms with Crippen LogP contribution in [0.15, 0.2) is 54.1 Å². The maximum absolute atomic E-state index is 3.98. The quantitative estimate of drug-likeness (QED) is 0.638. The van der Waals surface area contributed by atoms with Crippen LogP contribution >= 0.6 is 0 Å². The summed E-state index contributed by atoms with van der Waals surface area (Å²) < 4.78 is 0. The molecule has 1 aliphatic rings. The topological polar surface area (TPSA) is 0 Å². The van der Waals surface area contributed by atoms with Gasteiger partial charge in [-0.15, -0.1) is 0 Å². The summed E-state index contributed by atoms with van der Waals surface area (Å²) in [6.07, 6.45) is 5.90. The predicted molar refractivity (Wildman–Crippen MR) is 65.8 cm³/mol. The molecule has 0 spiro atoms. The highest BCUT2D eigenvalue weighted by Crippen LogP contribution is 2.34. The van der Waals surface area contributed by atoms with Crippen LogP contribution in [0.5, 0.6) is 0 Å². The minimum atomic E-state index is 0.768. The van der Waals surface area contributed by atoms with Crippen molar-refractivity contribution in [3.8, 4) is 0 Å². The Morgan fingerprint density at radius 1 is 1.33 bits per heavy atom. The second kappa shape index (κ2) is 4.48. The summed E-state index contributed by atoms with van der Waals surface area (Å²) in [5.41, 5.74) is 4.32. The molecule has 0 aromatic heterocycles. The molecule has 0 heteroatoms. The molecule has 1 unspecified atom stereocenters. The molecular weight excluding hydrogens is 180 g/mol. The molecule has 0 fully saturated rings. The number of rotatable bonds is 4. The second-order valence-electron chi connectivity index (χ2n) is 4.54. The Bertz CT molecular complexity index is 370. The standard InChI is InChI=1S/C15H18/c1-12(2)10-14-8-9-15(14)11-13-6-4-3-5-7-13/h3-8,15H,1,9-11H2,2H3. The summed E-state index contributed by atoms with van der Waals surface area (Å²) in [5, 5.41) is 0. The molecule has 1 aliphatic carbocycles. The van der Waals surface area contributed by atoms with Crippen molar-refractivity contribution in [1.82, 2.24) is 0 Å². The van der Waals surface area contributed by atoms with E-state index in [0.717, 1.165) is 12.3 Å². The lowest BCUT2D eigenvalue weighted by atomic mass is 9.78. The van der Waals surface area contributed by atoms with E-state index in [9.17, 15) is 0 Å². The zero-order valence-electron chi connectivity index (χ0n) is 9.37. The van der Waals surface area contributed by atoms with Crippen molar-refractivity contribution < 1.29 is 0 Å². The minimum absolute atomic E-state index is 0.768. The molecule has 0 heterocycles. The normalized spacial score (nSPS) is 19.3. The highest BCUT2D eigenvalue weighted by Gasteiger charge is 2.20. The highest BCUT2D eigenvalue weighted by atomic mass is 14.3. The molecular formula is C15H18. The van der Waals surface area contributed by atoms with Gasteiger partial charge in [0.25, 0.3) is 0 Å². The Hall–Kier alpha value is -1.30. The fraction of sp³-hybridized carbons (Fsp3) is 0.333. The monoisotopic (exact) mass is 198 g/mol. The molecule has 1 atom stereocenters. The Kier molecular flexibility index (Phi) is 3.05. The van der Waals surface area contributed by atoms with Crippen LogP contribution in [0.1, 0.15) is 25.3 Å². The van der Waals surface area contributed by atoms with E-state index in [0.29, 0.717) is 0 Å². The van der Waals surface area contributed by atoms with Crippen molar-refractivity contribution in [2.45, 2.75) is 26.2 Å². The van der Waals surface area contributed by atoms with Gasteiger partial charge >= 0.3 is 0 Å². The van der Waals surface area contributed by atoms with Gasteiger partial charge in [-0.1, -0.05) is 54.1 Å². The third-order valence-corrected chi connectivity index (χ3v) is 3.02. The molecule has 0 saturated carbocycles. The summed E-state index contributed by atoms with van der Waals surface area (Å²) in [4.78, 5) is 0. The minimum Gasteiger partial charge on any atom is -0.0998 e. The summed E-state index contributed by atoms with van der Waals surface area (Å²) in [7, 11) is 0. The SMILES string of the molecule is C=C(C)CC1=CCC1Cc1ccccc1. The summed E-state index contributed by atoms with van der Waals surface area (Å²) in [5.74, 6) is 0.768. The van der Waals surface area contributed by atoms with Crippen LogP contribution in [0, 0.1) is 5.92 Å². The first-order chi connectivity index (χ1) is 7.25. The van der Waals surface area contributed by atoms with Crippen molar-refractivity contribution in [1.29, 1.82) is 0 Å². The summed E-state index contributed by atoms with van der Waals surface area (Å²) in [6, 6.07) is 10.8. The summed E-state index contributed by atoms with van der Waals surface area (Å²) in [6.45, 7) is 6.09. The second-order valence-corrected chi connectivity index (χ2v) is 4.54. The van der Waals surface area contributed by atoms with Crippen LogP contribution in [0.2, 0.25) is 0 Å². The number of allylic oxidation sites excluding steroid dienone is 3. The van der Waals surface area contributed by atoms with E-state index in [1.54, 1.807) is 5.57 Å². The van der Waals surface area contributed by atoms with Crippen LogP contribution in [0.25, 0.3) is 0 Å². The van der Waals surface area contributed by atoms with Gasteiger partial charge in [0.2, 0.25) is 0 Å². The Morgan fingerprint density at radius 2 is 2.07 bits per heavy atom. The van der Waals surface area contributed by atoms with Gasteiger partial charge in [0, 0.05) is 0 Å². The van der Waals surface area contributed by atoms with Gasteiger partial charge in [-0.2, -0.15) is 0 Å². The van der Waals surface area contributed by atoms with Crippen molar-refractivity contribution in [2.24, 2.45) is 5.92 Å². The molecule has 1 aromatic carbocycles. The Morgan fingerprint density at radius 3 is 2.60 bits per heavy atom.